The van der Waals surface area contributed by atoms with Gasteiger partial charge in [-0.05, 0) is 34.8 Å². The second-order valence-electron chi connectivity index (χ2n) is 4.83. The van der Waals surface area contributed by atoms with Crippen molar-refractivity contribution in [1.29, 1.82) is 0 Å². The molecular weight excluding hydrogens is 340 g/mol. The van der Waals surface area contributed by atoms with E-state index < -0.39 is 0 Å². The molecule has 0 aromatic carbocycles. The molecule has 1 nitrogen and oxygen atoms in total. The topological polar surface area (TPSA) is 17.1 Å². The number of halogens is 1. The number of carbonyl (C=O) groups is 1. The summed E-state index contributed by atoms with van der Waals surface area (Å²) in [7, 11) is 0. The van der Waals surface area contributed by atoms with Crippen LogP contribution in [0.25, 0.3) is 10.1 Å². The van der Waals surface area contributed by atoms with E-state index in [9.17, 15) is 4.79 Å². The smallest absolute Gasteiger partial charge is 0.161 e. The molecule has 2 rings (SSSR count). The molecule has 0 aliphatic rings. The predicted octanol–water partition coefficient (Wildman–Crippen LogP) is 6.44. The lowest BCUT2D eigenvalue weighted by Gasteiger charge is -1.99. The maximum absolute atomic E-state index is 11.0. The van der Waals surface area contributed by atoms with Gasteiger partial charge in [0.15, 0.2) is 6.29 Å². The highest BCUT2D eigenvalue weighted by Crippen LogP contribution is 2.40. The minimum Gasteiger partial charge on any atom is -0.297 e. The summed E-state index contributed by atoms with van der Waals surface area (Å²) in [5.41, 5.74) is 0. The van der Waals surface area contributed by atoms with E-state index in [1.165, 1.54) is 60.1 Å². The number of aryl methyl sites for hydroxylation is 1. The van der Waals surface area contributed by atoms with Crippen molar-refractivity contribution < 1.29 is 4.79 Å². The molecule has 0 saturated heterocycles. The average molecular weight is 359 g/mol. The summed E-state index contributed by atoms with van der Waals surface area (Å²) < 4.78 is 2.25. The Bertz CT molecular complexity index is 542. The van der Waals surface area contributed by atoms with Crippen molar-refractivity contribution in [3.63, 3.8) is 0 Å². The Morgan fingerprint density at radius 3 is 2.63 bits per heavy atom. The third kappa shape index (κ3) is 3.89. The third-order valence-electron chi connectivity index (χ3n) is 3.30. The number of hydrogen-bond acceptors (Lipinski definition) is 3. The Hall–Kier alpha value is -0.190. The number of hydrogen-bond donors (Lipinski definition) is 0. The monoisotopic (exact) mass is 358 g/mol. The molecule has 0 radical (unpaired) electrons. The molecule has 19 heavy (non-hydrogen) atoms. The molecule has 0 amide bonds. The van der Waals surface area contributed by atoms with E-state index >= 15 is 0 Å². The van der Waals surface area contributed by atoms with E-state index in [0.29, 0.717) is 0 Å². The Morgan fingerprint density at radius 2 is 1.89 bits per heavy atom. The molecule has 0 saturated carbocycles. The first-order chi connectivity index (χ1) is 9.26. The minimum atomic E-state index is 0.862. The number of rotatable bonds is 8. The zero-order valence-corrected chi connectivity index (χ0v) is 14.4. The third-order valence-corrected chi connectivity index (χ3v) is 6.49. The summed E-state index contributed by atoms with van der Waals surface area (Å²) in [5, 5.41) is 1.22. The molecule has 2 aromatic rings. The Kier molecular flexibility index (Phi) is 6.05. The first-order valence-corrected chi connectivity index (χ1v) is 9.34. The maximum atomic E-state index is 11.0. The van der Waals surface area contributed by atoms with Crippen molar-refractivity contribution >= 4 is 55.0 Å². The van der Waals surface area contributed by atoms with Gasteiger partial charge in [0, 0.05) is 10.3 Å². The van der Waals surface area contributed by atoms with Gasteiger partial charge in [-0.1, -0.05) is 39.0 Å². The van der Waals surface area contributed by atoms with Gasteiger partial charge in [0.2, 0.25) is 0 Å². The zero-order valence-electron chi connectivity index (χ0n) is 11.2. The lowest BCUT2D eigenvalue weighted by atomic mass is 10.1. The lowest BCUT2D eigenvalue weighted by molar-refractivity contribution is 0.112. The summed E-state index contributed by atoms with van der Waals surface area (Å²) in [6, 6.07) is 2.25. The van der Waals surface area contributed by atoms with Crippen LogP contribution in [0, 0.1) is 0 Å². The predicted molar refractivity (Wildman–Crippen MR) is 89.9 cm³/mol. The van der Waals surface area contributed by atoms with Crippen LogP contribution in [-0.4, -0.2) is 6.29 Å². The van der Waals surface area contributed by atoms with Gasteiger partial charge in [0.25, 0.3) is 0 Å². The molecule has 0 bridgehead atoms. The van der Waals surface area contributed by atoms with Crippen molar-refractivity contribution in [3.05, 3.63) is 19.6 Å². The van der Waals surface area contributed by atoms with Gasteiger partial charge in [-0.15, -0.1) is 22.7 Å². The summed E-state index contributed by atoms with van der Waals surface area (Å²) in [4.78, 5) is 13.3. The van der Waals surface area contributed by atoms with Gasteiger partial charge < -0.3 is 0 Å². The normalized spacial score (nSPS) is 11.3. The highest BCUT2D eigenvalue weighted by molar-refractivity contribution is 9.11. The summed E-state index contributed by atoms with van der Waals surface area (Å²) >= 11 is 6.87. The van der Waals surface area contributed by atoms with Gasteiger partial charge >= 0.3 is 0 Å². The highest BCUT2D eigenvalue weighted by atomic mass is 79.9. The summed E-state index contributed by atoms with van der Waals surface area (Å²) in [6.45, 7) is 2.25. The number of unbranched alkanes of at least 4 members (excludes halogenated alkanes) is 5. The molecule has 0 N–H and O–H groups in total. The summed E-state index contributed by atoms with van der Waals surface area (Å²) in [6.07, 6.45) is 10.1. The zero-order chi connectivity index (χ0) is 13.7. The van der Waals surface area contributed by atoms with Crippen LogP contribution in [0.4, 0.5) is 0 Å². The van der Waals surface area contributed by atoms with Crippen LogP contribution in [0.2, 0.25) is 0 Å². The van der Waals surface area contributed by atoms with Crippen LogP contribution in [0.15, 0.2) is 9.85 Å². The largest absolute Gasteiger partial charge is 0.297 e. The van der Waals surface area contributed by atoms with Gasteiger partial charge in [0.1, 0.15) is 0 Å². The molecular formula is C15H19BrOS2. The van der Waals surface area contributed by atoms with E-state index in [-0.39, 0.29) is 0 Å². The Balaban J connectivity index is 1.89. The van der Waals surface area contributed by atoms with E-state index in [1.54, 1.807) is 11.3 Å². The molecule has 0 unspecified atom stereocenters. The van der Waals surface area contributed by atoms with Crippen LogP contribution in [0.5, 0.6) is 0 Å². The molecule has 0 aliphatic carbocycles. The molecule has 0 atom stereocenters. The van der Waals surface area contributed by atoms with Gasteiger partial charge in [-0.25, -0.2) is 0 Å². The van der Waals surface area contributed by atoms with Crippen LogP contribution in [0.3, 0.4) is 0 Å². The molecule has 2 aromatic heterocycles. The van der Waals surface area contributed by atoms with Crippen LogP contribution in [0.1, 0.15) is 60.0 Å². The number of fused-ring (bicyclic) bond motifs is 1. The van der Waals surface area contributed by atoms with Gasteiger partial charge in [-0.3, -0.25) is 4.79 Å². The van der Waals surface area contributed by atoms with Crippen molar-refractivity contribution in [2.24, 2.45) is 0 Å². The van der Waals surface area contributed by atoms with E-state index in [4.69, 9.17) is 0 Å². The van der Waals surface area contributed by atoms with Crippen LogP contribution < -0.4 is 0 Å². The Labute approximate surface area is 131 Å². The van der Waals surface area contributed by atoms with Crippen molar-refractivity contribution in [2.45, 2.75) is 51.9 Å². The first-order valence-electron chi connectivity index (χ1n) is 6.92. The van der Waals surface area contributed by atoms with Gasteiger partial charge in [0.05, 0.1) is 13.4 Å². The Morgan fingerprint density at radius 1 is 1.16 bits per heavy atom. The fraction of sp³-hybridized carbons (Fsp3) is 0.533. The molecule has 0 fully saturated rings. The van der Waals surface area contributed by atoms with E-state index in [1.807, 2.05) is 0 Å². The average Bonchev–Trinajstić information content (AvgIpc) is 2.94. The van der Waals surface area contributed by atoms with Crippen molar-refractivity contribution in [3.8, 4) is 0 Å². The summed E-state index contributed by atoms with van der Waals surface area (Å²) in [5.74, 6) is 0. The first kappa shape index (κ1) is 15.2. The highest BCUT2D eigenvalue weighted by Gasteiger charge is 2.12. The molecule has 0 aliphatic heterocycles. The fourth-order valence-electron chi connectivity index (χ4n) is 2.25. The van der Waals surface area contributed by atoms with E-state index in [0.717, 1.165) is 26.1 Å². The second-order valence-corrected chi connectivity index (χ2v) is 8.34. The lowest BCUT2D eigenvalue weighted by Crippen LogP contribution is -1.82. The molecule has 2 heterocycles. The minimum absolute atomic E-state index is 0.862. The van der Waals surface area contributed by atoms with Crippen molar-refractivity contribution in [2.75, 3.05) is 0 Å². The standard InChI is InChI=1S/C15H19BrOS2/c1-2-3-4-5-6-7-8-11-9-12-14(18-11)13(10-17)19-15(12)16/h9-10H,2-8H2,1H3. The number of thiophene rings is 2. The number of carbonyl (C=O) groups excluding carboxylic acids is 1. The fourth-order valence-corrected chi connectivity index (χ4v) is 5.35. The number of aldehydes is 1. The van der Waals surface area contributed by atoms with Gasteiger partial charge in [-0.2, -0.15) is 0 Å². The van der Waals surface area contributed by atoms with Crippen molar-refractivity contribution in [1.82, 2.24) is 0 Å². The van der Waals surface area contributed by atoms with E-state index in [2.05, 4.69) is 28.9 Å². The quantitative estimate of drug-likeness (QED) is 0.391. The maximum Gasteiger partial charge on any atom is 0.161 e. The molecule has 104 valence electrons. The molecule has 4 heteroatoms. The van der Waals surface area contributed by atoms with Crippen LogP contribution in [-0.2, 0) is 6.42 Å². The van der Waals surface area contributed by atoms with Crippen LogP contribution >= 0.6 is 38.6 Å². The molecule has 0 spiro atoms. The second kappa shape index (κ2) is 7.55. The SMILES string of the molecule is CCCCCCCCc1cc2c(Br)sc(C=O)c2s1.